The molecule has 4 nitrogen and oxygen atoms in total. The zero-order chi connectivity index (χ0) is 11.3. The number of carbonyl (C=O) groups is 2. The van der Waals surface area contributed by atoms with Crippen molar-refractivity contribution in [3.8, 4) is 0 Å². The van der Waals surface area contributed by atoms with E-state index >= 15 is 0 Å². The second-order valence-corrected chi connectivity index (χ2v) is 5.43. The van der Waals surface area contributed by atoms with Crippen LogP contribution in [0.2, 0.25) is 0 Å². The summed E-state index contributed by atoms with van der Waals surface area (Å²) in [4.78, 5) is 24.5. The lowest BCUT2D eigenvalue weighted by Gasteiger charge is -2.20. The van der Waals surface area contributed by atoms with Gasteiger partial charge in [-0.05, 0) is 43.9 Å². The molecular weight excluding hydrogens is 206 g/mol. The third-order valence-electron chi connectivity index (χ3n) is 3.96. The quantitative estimate of drug-likeness (QED) is 0.759. The number of hydrogen-bond acceptors (Lipinski definition) is 2. The number of nitrogens with zero attached hydrogens (tertiary/aromatic N) is 1. The van der Waals surface area contributed by atoms with Gasteiger partial charge in [0.05, 0.1) is 0 Å². The molecule has 2 atom stereocenters. The second-order valence-electron chi connectivity index (χ2n) is 5.43. The van der Waals surface area contributed by atoms with Gasteiger partial charge in [0.25, 0.3) is 0 Å². The lowest BCUT2D eigenvalue weighted by Crippen LogP contribution is -2.38. The standard InChI is InChI=1S/C12H17NO3/c14-11(15)6-13(8-3-4-8)12(16)10-5-9(10)7-1-2-7/h7-10H,1-6H2,(H,14,15)/t9-,10-/m1/s1. The SMILES string of the molecule is O=C(O)CN(C(=O)[C@@H]1C[C@@H]1C1CC1)C1CC1. The molecule has 1 amide bonds. The first-order valence-electron chi connectivity index (χ1n) is 6.19. The van der Waals surface area contributed by atoms with Crippen molar-refractivity contribution < 1.29 is 14.7 Å². The summed E-state index contributed by atoms with van der Waals surface area (Å²) in [5.74, 6) is 0.750. The molecule has 88 valence electrons. The molecule has 3 saturated carbocycles. The fraction of sp³-hybridized carbons (Fsp3) is 0.833. The number of carbonyl (C=O) groups excluding carboxylic acids is 1. The van der Waals surface area contributed by atoms with E-state index in [2.05, 4.69) is 0 Å². The molecule has 0 unspecified atom stereocenters. The number of hydrogen-bond donors (Lipinski definition) is 1. The molecule has 0 bridgehead atoms. The van der Waals surface area contributed by atoms with Gasteiger partial charge in [0.15, 0.2) is 0 Å². The molecule has 3 fully saturated rings. The number of amides is 1. The fourth-order valence-corrected chi connectivity index (χ4v) is 2.68. The normalized spacial score (nSPS) is 32.2. The number of rotatable bonds is 5. The van der Waals surface area contributed by atoms with Crippen LogP contribution in [0.4, 0.5) is 0 Å². The molecule has 0 aliphatic heterocycles. The summed E-state index contributed by atoms with van der Waals surface area (Å²) in [6.45, 7) is -0.0998. The fourth-order valence-electron chi connectivity index (χ4n) is 2.68. The van der Waals surface area contributed by atoms with Crippen LogP contribution in [-0.2, 0) is 9.59 Å². The Kier molecular flexibility index (Phi) is 2.19. The van der Waals surface area contributed by atoms with Crippen molar-refractivity contribution in [2.45, 2.75) is 38.1 Å². The van der Waals surface area contributed by atoms with Gasteiger partial charge < -0.3 is 10.0 Å². The third-order valence-corrected chi connectivity index (χ3v) is 3.96. The largest absolute Gasteiger partial charge is 0.480 e. The van der Waals surface area contributed by atoms with Crippen molar-refractivity contribution in [1.29, 1.82) is 0 Å². The maximum atomic E-state index is 12.1. The van der Waals surface area contributed by atoms with E-state index in [-0.39, 0.29) is 24.4 Å². The molecule has 0 aromatic rings. The van der Waals surface area contributed by atoms with Crippen LogP contribution in [0.15, 0.2) is 0 Å². The monoisotopic (exact) mass is 223 g/mol. The molecule has 0 aromatic carbocycles. The number of carboxylic acid groups (broad SMARTS) is 1. The lowest BCUT2D eigenvalue weighted by molar-refractivity contribution is -0.145. The van der Waals surface area contributed by atoms with Crippen LogP contribution in [-0.4, -0.2) is 34.5 Å². The van der Waals surface area contributed by atoms with Crippen LogP contribution in [0.25, 0.3) is 0 Å². The first-order valence-corrected chi connectivity index (χ1v) is 6.19. The summed E-state index contributed by atoms with van der Waals surface area (Å²) in [6, 6.07) is 0.226. The Morgan fingerprint density at radius 1 is 1.19 bits per heavy atom. The highest BCUT2D eigenvalue weighted by molar-refractivity contribution is 5.85. The molecule has 4 heteroatoms. The molecule has 0 radical (unpaired) electrons. The van der Waals surface area contributed by atoms with E-state index in [0.717, 1.165) is 25.2 Å². The second kappa shape index (κ2) is 3.47. The third kappa shape index (κ3) is 1.93. The van der Waals surface area contributed by atoms with Gasteiger partial charge in [0, 0.05) is 12.0 Å². The molecule has 1 N–H and O–H groups in total. The molecule has 3 aliphatic rings. The van der Waals surface area contributed by atoms with Crippen molar-refractivity contribution in [2.24, 2.45) is 17.8 Å². The van der Waals surface area contributed by atoms with Gasteiger partial charge in [0.1, 0.15) is 6.54 Å². The number of carboxylic acids is 1. The van der Waals surface area contributed by atoms with E-state index in [1.165, 1.54) is 12.8 Å². The van der Waals surface area contributed by atoms with Gasteiger partial charge in [-0.2, -0.15) is 0 Å². The summed E-state index contributed by atoms with van der Waals surface area (Å²) < 4.78 is 0. The first kappa shape index (κ1) is 10.1. The summed E-state index contributed by atoms with van der Waals surface area (Å²) in [6.07, 6.45) is 5.53. The van der Waals surface area contributed by atoms with Gasteiger partial charge in [-0.15, -0.1) is 0 Å². The topological polar surface area (TPSA) is 57.6 Å². The Balaban J connectivity index is 1.60. The predicted molar refractivity (Wildman–Crippen MR) is 56.7 cm³/mol. The van der Waals surface area contributed by atoms with Crippen molar-refractivity contribution in [3.63, 3.8) is 0 Å². The Morgan fingerprint density at radius 3 is 2.38 bits per heavy atom. The average molecular weight is 223 g/mol. The molecule has 3 aliphatic carbocycles. The Morgan fingerprint density at radius 2 is 1.88 bits per heavy atom. The van der Waals surface area contributed by atoms with Crippen molar-refractivity contribution in [1.82, 2.24) is 4.90 Å². The van der Waals surface area contributed by atoms with Gasteiger partial charge in [0.2, 0.25) is 5.91 Å². The first-order chi connectivity index (χ1) is 7.66. The maximum Gasteiger partial charge on any atom is 0.323 e. The van der Waals surface area contributed by atoms with Gasteiger partial charge in [-0.1, -0.05) is 0 Å². The molecular formula is C12H17NO3. The minimum Gasteiger partial charge on any atom is -0.480 e. The zero-order valence-corrected chi connectivity index (χ0v) is 9.26. The van der Waals surface area contributed by atoms with E-state index in [0.29, 0.717) is 5.92 Å². The molecule has 0 aromatic heterocycles. The van der Waals surface area contributed by atoms with Crippen LogP contribution in [0.1, 0.15) is 32.1 Å². The molecule has 0 saturated heterocycles. The van der Waals surface area contributed by atoms with E-state index in [9.17, 15) is 9.59 Å². The van der Waals surface area contributed by atoms with Crippen LogP contribution in [0, 0.1) is 17.8 Å². The van der Waals surface area contributed by atoms with E-state index in [1.54, 1.807) is 4.90 Å². The zero-order valence-electron chi connectivity index (χ0n) is 9.26. The highest BCUT2D eigenvalue weighted by atomic mass is 16.4. The van der Waals surface area contributed by atoms with Crippen LogP contribution < -0.4 is 0 Å². The minimum absolute atomic E-state index is 0.0998. The van der Waals surface area contributed by atoms with Crippen molar-refractivity contribution >= 4 is 11.9 Å². The van der Waals surface area contributed by atoms with Crippen LogP contribution in [0.3, 0.4) is 0 Å². The highest BCUT2D eigenvalue weighted by Gasteiger charge is 2.53. The van der Waals surface area contributed by atoms with E-state index < -0.39 is 5.97 Å². The summed E-state index contributed by atoms with van der Waals surface area (Å²) in [5.41, 5.74) is 0. The predicted octanol–water partition coefficient (Wildman–Crippen LogP) is 1.11. The highest BCUT2D eigenvalue weighted by Crippen LogP contribution is 2.55. The Hall–Kier alpha value is -1.06. The summed E-state index contributed by atoms with van der Waals surface area (Å²) in [5, 5.41) is 8.81. The molecule has 0 spiro atoms. The molecule has 0 heterocycles. The Labute approximate surface area is 94.6 Å². The van der Waals surface area contributed by atoms with Crippen LogP contribution in [0.5, 0.6) is 0 Å². The van der Waals surface area contributed by atoms with E-state index in [4.69, 9.17) is 5.11 Å². The number of aliphatic carboxylic acids is 1. The average Bonchev–Trinajstić information content (AvgIpc) is 3.13. The van der Waals surface area contributed by atoms with Gasteiger partial charge in [-0.3, -0.25) is 9.59 Å². The molecule has 16 heavy (non-hydrogen) atoms. The minimum atomic E-state index is -0.885. The van der Waals surface area contributed by atoms with Gasteiger partial charge in [-0.25, -0.2) is 0 Å². The van der Waals surface area contributed by atoms with Crippen molar-refractivity contribution in [2.75, 3.05) is 6.54 Å². The lowest BCUT2D eigenvalue weighted by atomic mass is 10.2. The molecule has 3 rings (SSSR count). The smallest absolute Gasteiger partial charge is 0.323 e. The Bertz CT molecular complexity index is 333. The van der Waals surface area contributed by atoms with Crippen LogP contribution >= 0.6 is 0 Å². The maximum absolute atomic E-state index is 12.1. The van der Waals surface area contributed by atoms with E-state index in [1.807, 2.05) is 0 Å². The summed E-state index contributed by atoms with van der Waals surface area (Å²) >= 11 is 0. The van der Waals surface area contributed by atoms with Gasteiger partial charge >= 0.3 is 5.97 Å². The summed E-state index contributed by atoms with van der Waals surface area (Å²) in [7, 11) is 0. The van der Waals surface area contributed by atoms with Crippen molar-refractivity contribution in [3.05, 3.63) is 0 Å².